The van der Waals surface area contributed by atoms with Gasteiger partial charge in [0.25, 0.3) is 5.91 Å². The fraction of sp³-hybridized carbons (Fsp3) is 0.222. The molecule has 3 rings (SSSR count). The van der Waals surface area contributed by atoms with Crippen LogP contribution in [0.1, 0.15) is 46.1 Å². The van der Waals surface area contributed by atoms with E-state index >= 15 is 0 Å². The van der Waals surface area contributed by atoms with Crippen molar-refractivity contribution in [3.8, 4) is 6.07 Å². The van der Waals surface area contributed by atoms with Gasteiger partial charge in [-0.15, -0.1) is 11.3 Å². The van der Waals surface area contributed by atoms with Crippen molar-refractivity contribution in [1.82, 2.24) is 15.3 Å². The van der Waals surface area contributed by atoms with Crippen LogP contribution in [-0.4, -0.2) is 15.9 Å². The lowest BCUT2D eigenvalue weighted by molar-refractivity contribution is 0.0956. The summed E-state index contributed by atoms with van der Waals surface area (Å²) in [5, 5.41) is 12.9. The Hall–Kier alpha value is -3.18. The van der Waals surface area contributed by atoms with Crippen LogP contribution >= 0.6 is 11.3 Å². The summed E-state index contributed by atoms with van der Waals surface area (Å²) in [5.74, 6) is -0.117. The van der Waals surface area contributed by atoms with Gasteiger partial charge in [-0.25, -0.2) is 4.98 Å². The molecule has 7 nitrogen and oxygen atoms in total. The molecule has 3 heterocycles. The van der Waals surface area contributed by atoms with Crippen LogP contribution in [0.3, 0.4) is 0 Å². The van der Waals surface area contributed by atoms with Gasteiger partial charge in [-0.1, -0.05) is 19.9 Å². The summed E-state index contributed by atoms with van der Waals surface area (Å²) in [7, 11) is 0. The minimum atomic E-state index is -0.291. The van der Waals surface area contributed by atoms with E-state index in [1.165, 1.54) is 11.3 Å². The molecule has 0 saturated carbocycles. The molecule has 0 atom stereocenters. The Morgan fingerprint density at radius 1 is 1.42 bits per heavy atom. The minimum Gasteiger partial charge on any atom is -0.397 e. The fourth-order valence-electron chi connectivity index (χ4n) is 2.83. The second-order valence-electron chi connectivity index (χ2n) is 6.12. The molecule has 0 aliphatic rings. The predicted octanol–water partition coefficient (Wildman–Crippen LogP) is 2.78. The van der Waals surface area contributed by atoms with Gasteiger partial charge in [0, 0.05) is 24.3 Å². The Labute approximate surface area is 154 Å². The molecule has 0 radical (unpaired) electrons. The Kier molecular flexibility index (Phi) is 4.73. The standard InChI is InChI=1S/C18H18N6OS/c1-9(2)12-11(6-19)16(21)24-18-13(12)14(20)15(26-18)17(25)23-8-10-4-3-5-22-7-10/h3-5,7,9H,8,20H2,1-2H3,(H2,21,24)(H,23,25). The zero-order valence-electron chi connectivity index (χ0n) is 14.4. The van der Waals surface area contributed by atoms with Gasteiger partial charge < -0.3 is 16.8 Å². The third kappa shape index (κ3) is 3.05. The summed E-state index contributed by atoms with van der Waals surface area (Å²) >= 11 is 1.18. The number of hydrogen-bond donors (Lipinski definition) is 3. The molecule has 0 spiro atoms. The lowest BCUT2D eigenvalue weighted by atomic mass is 9.95. The molecule has 8 heteroatoms. The first-order chi connectivity index (χ1) is 12.4. The number of fused-ring (bicyclic) bond motifs is 1. The Morgan fingerprint density at radius 2 is 2.19 bits per heavy atom. The predicted molar refractivity (Wildman–Crippen MR) is 103 cm³/mol. The number of rotatable bonds is 4. The maximum absolute atomic E-state index is 12.6. The molecule has 0 bridgehead atoms. The average Bonchev–Trinajstić information content (AvgIpc) is 2.95. The van der Waals surface area contributed by atoms with Gasteiger partial charge in [0.1, 0.15) is 21.6 Å². The van der Waals surface area contributed by atoms with E-state index in [-0.39, 0.29) is 17.6 Å². The molecular weight excluding hydrogens is 348 g/mol. The number of nitrogen functional groups attached to an aromatic ring is 2. The number of amides is 1. The van der Waals surface area contributed by atoms with E-state index in [0.717, 1.165) is 11.1 Å². The third-order valence-electron chi connectivity index (χ3n) is 4.01. The van der Waals surface area contributed by atoms with E-state index in [1.807, 2.05) is 19.9 Å². The van der Waals surface area contributed by atoms with Crippen molar-refractivity contribution in [3.05, 3.63) is 46.1 Å². The van der Waals surface area contributed by atoms with E-state index in [4.69, 9.17) is 11.5 Å². The third-order valence-corrected chi connectivity index (χ3v) is 5.11. The van der Waals surface area contributed by atoms with Crippen molar-refractivity contribution >= 4 is 39.0 Å². The van der Waals surface area contributed by atoms with Crippen LogP contribution in [0.5, 0.6) is 0 Å². The van der Waals surface area contributed by atoms with E-state index in [0.29, 0.717) is 32.9 Å². The Morgan fingerprint density at radius 3 is 2.81 bits per heavy atom. The first-order valence-corrected chi connectivity index (χ1v) is 8.84. The normalized spacial score (nSPS) is 10.8. The highest BCUT2D eigenvalue weighted by atomic mass is 32.1. The Balaban J connectivity index is 2.03. The molecule has 0 fully saturated rings. The smallest absolute Gasteiger partial charge is 0.263 e. The van der Waals surface area contributed by atoms with Crippen molar-refractivity contribution in [2.45, 2.75) is 26.3 Å². The largest absolute Gasteiger partial charge is 0.397 e. The highest BCUT2D eigenvalue weighted by molar-refractivity contribution is 7.21. The van der Waals surface area contributed by atoms with Crippen molar-refractivity contribution < 1.29 is 4.79 Å². The summed E-state index contributed by atoms with van der Waals surface area (Å²) in [6, 6.07) is 5.78. The molecule has 26 heavy (non-hydrogen) atoms. The van der Waals surface area contributed by atoms with Gasteiger partial charge in [0.2, 0.25) is 0 Å². The van der Waals surface area contributed by atoms with E-state index in [2.05, 4.69) is 21.4 Å². The summed E-state index contributed by atoms with van der Waals surface area (Å²) in [6.45, 7) is 4.25. The lowest BCUT2D eigenvalue weighted by Gasteiger charge is -2.12. The van der Waals surface area contributed by atoms with Crippen LogP contribution in [-0.2, 0) is 6.54 Å². The van der Waals surface area contributed by atoms with Gasteiger partial charge in [-0.05, 0) is 23.1 Å². The monoisotopic (exact) mass is 366 g/mol. The number of nitrogens with two attached hydrogens (primary N) is 2. The van der Waals surface area contributed by atoms with Crippen molar-refractivity contribution in [3.63, 3.8) is 0 Å². The number of carbonyl (C=O) groups is 1. The first-order valence-electron chi connectivity index (χ1n) is 8.02. The van der Waals surface area contributed by atoms with Crippen molar-refractivity contribution in [2.75, 3.05) is 11.5 Å². The molecule has 5 N–H and O–H groups in total. The number of aromatic nitrogens is 2. The molecule has 0 unspecified atom stereocenters. The highest BCUT2D eigenvalue weighted by Crippen LogP contribution is 2.40. The summed E-state index contributed by atoms with van der Waals surface area (Å²) in [5.41, 5.74) is 14.5. The maximum atomic E-state index is 12.6. The van der Waals surface area contributed by atoms with Gasteiger partial charge in [-0.2, -0.15) is 5.26 Å². The van der Waals surface area contributed by atoms with E-state index < -0.39 is 0 Å². The molecule has 132 valence electrons. The first kappa shape index (κ1) is 17.6. The molecule has 0 aromatic carbocycles. The zero-order chi connectivity index (χ0) is 18.8. The molecule has 0 aliphatic carbocycles. The van der Waals surface area contributed by atoms with Gasteiger partial charge in [-0.3, -0.25) is 9.78 Å². The number of anilines is 2. The van der Waals surface area contributed by atoms with Crippen LogP contribution in [0.4, 0.5) is 11.5 Å². The number of thiophene rings is 1. The van der Waals surface area contributed by atoms with E-state index in [9.17, 15) is 10.1 Å². The van der Waals surface area contributed by atoms with Gasteiger partial charge in [0.05, 0.1) is 11.3 Å². The second-order valence-corrected chi connectivity index (χ2v) is 7.12. The molecule has 0 saturated heterocycles. The molecule has 1 amide bonds. The SMILES string of the molecule is CC(C)c1c(C#N)c(N)nc2sc(C(=O)NCc3cccnc3)c(N)c12. The van der Waals surface area contributed by atoms with Crippen LogP contribution in [0.25, 0.3) is 10.2 Å². The van der Waals surface area contributed by atoms with Crippen molar-refractivity contribution in [1.29, 1.82) is 5.26 Å². The van der Waals surface area contributed by atoms with Crippen molar-refractivity contribution in [2.24, 2.45) is 0 Å². The number of hydrogen-bond acceptors (Lipinski definition) is 7. The topological polar surface area (TPSA) is 131 Å². The lowest BCUT2D eigenvalue weighted by Crippen LogP contribution is -2.22. The van der Waals surface area contributed by atoms with Crippen LogP contribution in [0.2, 0.25) is 0 Å². The van der Waals surface area contributed by atoms with E-state index in [1.54, 1.807) is 18.5 Å². The highest BCUT2D eigenvalue weighted by Gasteiger charge is 2.24. The van der Waals surface area contributed by atoms with Crippen LogP contribution in [0.15, 0.2) is 24.5 Å². The minimum absolute atomic E-state index is 0.0145. The maximum Gasteiger partial charge on any atom is 0.263 e. The summed E-state index contributed by atoms with van der Waals surface area (Å²) < 4.78 is 0. The quantitative estimate of drug-likeness (QED) is 0.651. The molecule has 3 aromatic heterocycles. The molecule has 0 aliphatic heterocycles. The van der Waals surface area contributed by atoms with Crippen LogP contribution in [0, 0.1) is 11.3 Å². The van der Waals surface area contributed by atoms with Gasteiger partial charge >= 0.3 is 0 Å². The van der Waals surface area contributed by atoms with Gasteiger partial charge in [0.15, 0.2) is 0 Å². The molecule has 3 aromatic rings. The zero-order valence-corrected chi connectivity index (χ0v) is 15.2. The summed E-state index contributed by atoms with van der Waals surface area (Å²) in [6.07, 6.45) is 3.36. The van der Waals surface area contributed by atoms with Crippen LogP contribution < -0.4 is 16.8 Å². The Bertz CT molecular complexity index is 1020. The second kappa shape index (κ2) is 6.98. The number of nitriles is 1. The fourth-order valence-corrected chi connectivity index (χ4v) is 3.86. The molecular formula is C18H18N6OS. The number of nitrogens with one attached hydrogen (secondary N) is 1. The number of pyridine rings is 2. The number of nitrogens with zero attached hydrogens (tertiary/aromatic N) is 3. The number of carbonyl (C=O) groups excluding carboxylic acids is 1. The summed E-state index contributed by atoms with van der Waals surface area (Å²) in [4.78, 5) is 21.8. The average molecular weight is 366 g/mol.